The average molecular weight is 224 g/mol. The summed E-state index contributed by atoms with van der Waals surface area (Å²) in [4.78, 5) is 6.58. The van der Waals surface area contributed by atoms with Crippen LogP contribution >= 0.6 is 0 Å². The summed E-state index contributed by atoms with van der Waals surface area (Å²) < 4.78 is 13.8. The lowest BCUT2D eigenvalue weighted by Gasteiger charge is -2.18. The molecule has 2 N–H and O–H groups in total. The highest BCUT2D eigenvalue weighted by Crippen LogP contribution is 2.24. The monoisotopic (exact) mass is 224 g/mol. The Hall–Kier alpha value is -1.13. The van der Waals surface area contributed by atoms with Crippen molar-refractivity contribution in [2.45, 2.75) is 19.3 Å². The molecule has 88 valence electrons. The predicted molar refractivity (Wildman–Crippen MR) is 61.7 cm³/mol. The van der Waals surface area contributed by atoms with Crippen molar-refractivity contribution in [1.29, 1.82) is 0 Å². The Labute approximate surface area is 94.9 Å². The van der Waals surface area contributed by atoms with Crippen LogP contribution in [0.25, 0.3) is 0 Å². The van der Waals surface area contributed by atoms with E-state index >= 15 is 0 Å². The van der Waals surface area contributed by atoms with Gasteiger partial charge in [-0.05, 0) is 37.0 Å². The number of rotatable bonds is 4. The molecule has 0 unspecified atom stereocenters. The first-order chi connectivity index (χ1) is 7.81. The summed E-state index contributed by atoms with van der Waals surface area (Å²) >= 11 is 0. The molecule has 1 fully saturated rings. The van der Waals surface area contributed by atoms with Crippen LogP contribution in [0.15, 0.2) is 18.2 Å². The van der Waals surface area contributed by atoms with Crippen LogP contribution in [0.3, 0.4) is 0 Å². The van der Waals surface area contributed by atoms with Gasteiger partial charge in [-0.25, -0.2) is 10.3 Å². The zero-order chi connectivity index (χ0) is 11.4. The standard InChI is InChI=1S/C12H17FN2O/c13-11-9-10(5-8-16-14)3-4-12(11)15-6-1-2-7-15/h3-4,9H,1-2,5-8,14H2. The Morgan fingerprint density at radius 2 is 2.06 bits per heavy atom. The van der Waals surface area contributed by atoms with Crippen molar-refractivity contribution in [1.82, 2.24) is 0 Å². The molecule has 1 heterocycles. The smallest absolute Gasteiger partial charge is 0.146 e. The van der Waals surface area contributed by atoms with Gasteiger partial charge in [-0.1, -0.05) is 6.07 Å². The minimum atomic E-state index is -0.142. The van der Waals surface area contributed by atoms with E-state index in [2.05, 4.69) is 9.74 Å². The van der Waals surface area contributed by atoms with Gasteiger partial charge in [0.15, 0.2) is 0 Å². The summed E-state index contributed by atoms with van der Waals surface area (Å²) in [5, 5.41) is 0. The molecule has 3 nitrogen and oxygen atoms in total. The van der Waals surface area contributed by atoms with E-state index in [1.165, 1.54) is 0 Å². The largest absolute Gasteiger partial charge is 0.369 e. The highest BCUT2D eigenvalue weighted by Gasteiger charge is 2.15. The summed E-state index contributed by atoms with van der Waals surface area (Å²) in [6.07, 6.45) is 2.96. The molecule has 1 aromatic carbocycles. The van der Waals surface area contributed by atoms with Crippen LogP contribution < -0.4 is 10.8 Å². The van der Waals surface area contributed by atoms with Crippen molar-refractivity contribution in [2.75, 3.05) is 24.6 Å². The van der Waals surface area contributed by atoms with E-state index in [0.717, 1.165) is 37.2 Å². The van der Waals surface area contributed by atoms with Gasteiger partial charge in [0.1, 0.15) is 5.82 Å². The average Bonchev–Trinajstić information content (AvgIpc) is 2.80. The molecule has 1 aliphatic rings. The van der Waals surface area contributed by atoms with Crippen molar-refractivity contribution < 1.29 is 9.23 Å². The number of anilines is 1. The molecule has 4 heteroatoms. The minimum Gasteiger partial charge on any atom is -0.369 e. The number of benzene rings is 1. The maximum atomic E-state index is 13.8. The van der Waals surface area contributed by atoms with E-state index in [1.54, 1.807) is 6.07 Å². The van der Waals surface area contributed by atoms with Crippen molar-refractivity contribution >= 4 is 5.69 Å². The van der Waals surface area contributed by atoms with Crippen molar-refractivity contribution in [3.63, 3.8) is 0 Å². The first kappa shape index (κ1) is 11.4. The normalized spacial score (nSPS) is 15.8. The topological polar surface area (TPSA) is 38.5 Å². The maximum absolute atomic E-state index is 13.8. The van der Waals surface area contributed by atoms with E-state index < -0.39 is 0 Å². The van der Waals surface area contributed by atoms with Crippen LogP contribution in [0.4, 0.5) is 10.1 Å². The molecule has 1 saturated heterocycles. The summed E-state index contributed by atoms with van der Waals surface area (Å²) in [6, 6.07) is 5.37. The molecule has 0 bridgehead atoms. The second-order valence-electron chi connectivity index (χ2n) is 4.10. The molecule has 0 amide bonds. The predicted octanol–water partition coefficient (Wildman–Crippen LogP) is 1.86. The molecule has 0 radical (unpaired) electrons. The number of hydrogen-bond acceptors (Lipinski definition) is 3. The Bertz CT molecular complexity index is 351. The number of halogens is 1. The Balaban J connectivity index is 2.09. The van der Waals surface area contributed by atoms with E-state index in [9.17, 15) is 4.39 Å². The molecule has 0 aromatic heterocycles. The van der Waals surface area contributed by atoms with Gasteiger partial charge in [0.2, 0.25) is 0 Å². The summed E-state index contributed by atoms with van der Waals surface area (Å²) in [7, 11) is 0. The summed E-state index contributed by atoms with van der Waals surface area (Å²) in [5.41, 5.74) is 1.64. The molecule has 0 aliphatic carbocycles. The molecular weight excluding hydrogens is 207 g/mol. The third kappa shape index (κ3) is 2.51. The molecule has 1 aliphatic heterocycles. The number of nitrogens with two attached hydrogens (primary N) is 1. The first-order valence-electron chi connectivity index (χ1n) is 5.66. The summed E-state index contributed by atoms with van der Waals surface area (Å²) in [5.74, 6) is 4.80. The highest BCUT2D eigenvalue weighted by atomic mass is 19.1. The van der Waals surface area contributed by atoms with Gasteiger partial charge < -0.3 is 9.74 Å². The highest BCUT2D eigenvalue weighted by molar-refractivity contribution is 5.49. The van der Waals surface area contributed by atoms with Gasteiger partial charge in [-0.2, -0.15) is 0 Å². The molecule has 0 spiro atoms. The Morgan fingerprint density at radius 1 is 1.31 bits per heavy atom. The fourth-order valence-electron chi connectivity index (χ4n) is 2.10. The van der Waals surface area contributed by atoms with Crippen LogP contribution in [0.2, 0.25) is 0 Å². The lowest BCUT2D eigenvalue weighted by Crippen LogP contribution is -2.19. The van der Waals surface area contributed by atoms with Crippen LogP contribution in [0.1, 0.15) is 18.4 Å². The molecule has 1 aromatic rings. The van der Waals surface area contributed by atoms with Crippen molar-refractivity contribution in [3.8, 4) is 0 Å². The SMILES string of the molecule is NOCCc1ccc(N2CCCC2)c(F)c1. The fourth-order valence-corrected chi connectivity index (χ4v) is 2.10. The van der Waals surface area contributed by atoms with Gasteiger partial charge in [-0.15, -0.1) is 0 Å². The van der Waals surface area contributed by atoms with Crippen LogP contribution in [-0.2, 0) is 11.3 Å². The Morgan fingerprint density at radius 3 is 2.69 bits per heavy atom. The van der Waals surface area contributed by atoms with Crippen LogP contribution in [-0.4, -0.2) is 19.7 Å². The molecule has 0 atom stereocenters. The third-order valence-corrected chi connectivity index (χ3v) is 2.97. The van der Waals surface area contributed by atoms with Gasteiger partial charge >= 0.3 is 0 Å². The molecule has 16 heavy (non-hydrogen) atoms. The fraction of sp³-hybridized carbons (Fsp3) is 0.500. The third-order valence-electron chi connectivity index (χ3n) is 2.97. The molecular formula is C12H17FN2O. The van der Waals surface area contributed by atoms with E-state index in [-0.39, 0.29) is 5.82 Å². The zero-order valence-electron chi connectivity index (χ0n) is 9.29. The second kappa shape index (κ2) is 5.27. The number of hydrogen-bond donors (Lipinski definition) is 1. The van der Waals surface area contributed by atoms with E-state index in [0.29, 0.717) is 13.0 Å². The molecule has 2 rings (SSSR count). The van der Waals surface area contributed by atoms with Crippen molar-refractivity contribution in [3.05, 3.63) is 29.6 Å². The second-order valence-corrected chi connectivity index (χ2v) is 4.10. The lowest BCUT2D eigenvalue weighted by atomic mass is 10.1. The van der Waals surface area contributed by atoms with Crippen LogP contribution in [0, 0.1) is 5.82 Å². The molecule has 0 saturated carbocycles. The zero-order valence-corrected chi connectivity index (χ0v) is 9.29. The first-order valence-corrected chi connectivity index (χ1v) is 5.66. The quantitative estimate of drug-likeness (QED) is 0.793. The van der Waals surface area contributed by atoms with Gasteiger partial charge in [0, 0.05) is 13.1 Å². The van der Waals surface area contributed by atoms with Gasteiger partial charge in [-0.3, -0.25) is 0 Å². The number of nitrogens with zero attached hydrogens (tertiary/aromatic N) is 1. The summed E-state index contributed by atoms with van der Waals surface area (Å²) in [6.45, 7) is 2.34. The van der Waals surface area contributed by atoms with E-state index in [4.69, 9.17) is 5.90 Å². The maximum Gasteiger partial charge on any atom is 0.146 e. The Kier molecular flexibility index (Phi) is 3.74. The van der Waals surface area contributed by atoms with Crippen LogP contribution in [0.5, 0.6) is 0 Å². The van der Waals surface area contributed by atoms with E-state index in [1.807, 2.05) is 12.1 Å². The minimum absolute atomic E-state index is 0.142. The van der Waals surface area contributed by atoms with Crippen molar-refractivity contribution in [2.24, 2.45) is 5.90 Å². The van der Waals surface area contributed by atoms with Gasteiger partial charge in [0.05, 0.1) is 12.3 Å². The van der Waals surface area contributed by atoms with Gasteiger partial charge in [0.25, 0.3) is 0 Å². The lowest BCUT2D eigenvalue weighted by molar-refractivity contribution is 0.141.